The van der Waals surface area contributed by atoms with E-state index >= 15 is 0 Å². The number of rotatable bonds is 7. The van der Waals surface area contributed by atoms with Gasteiger partial charge >= 0.3 is 17.9 Å². The van der Waals surface area contributed by atoms with Crippen molar-refractivity contribution in [1.29, 1.82) is 0 Å². The number of hydrogen-bond acceptors (Lipinski definition) is 7. The van der Waals surface area contributed by atoms with E-state index in [0.29, 0.717) is 11.8 Å². The van der Waals surface area contributed by atoms with Gasteiger partial charge in [0, 0.05) is 19.3 Å². The van der Waals surface area contributed by atoms with Crippen molar-refractivity contribution in [1.82, 2.24) is 0 Å². The molecule has 1 N–H and O–H groups in total. The topological polar surface area (TPSA) is 99.1 Å². The molecule has 7 heteroatoms. The maximum atomic E-state index is 14.0. The minimum atomic E-state index is -0.508. The highest BCUT2D eigenvalue weighted by Gasteiger charge is 2.73. The Kier molecular flexibility index (Phi) is 8.69. The molecule has 0 radical (unpaired) electrons. The van der Waals surface area contributed by atoms with Crippen LogP contribution in [0.5, 0.6) is 0 Å². The lowest BCUT2D eigenvalue weighted by Gasteiger charge is -2.72. The van der Waals surface area contributed by atoms with Crippen LogP contribution in [0.15, 0.2) is 12.2 Å². The number of fused-ring (bicyclic) bond motifs is 7. The molecule has 44 heavy (non-hydrogen) atoms. The van der Waals surface area contributed by atoms with Crippen LogP contribution in [0.25, 0.3) is 0 Å². The first-order chi connectivity index (χ1) is 20.5. The van der Waals surface area contributed by atoms with E-state index in [2.05, 4.69) is 34.3 Å². The number of carbonyl (C=O) groups excluding carboxylic acids is 3. The molecule has 0 aromatic heterocycles. The molecule has 0 aromatic rings. The van der Waals surface area contributed by atoms with E-state index < -0.39 is 10.8 Å². The number of aliphatic hydroxyl groups excluding tert-OH is 1. The summed E-state index contributed by atoms with van der Waals surface area (Å²) in [5, 5.41) is 10.2. The number of ether oxygens (including phenoxy) is 3. The normalized spacial score (nSPS) is 46.1. The summed E-state index contributed by atoms with van der Waals surface area (Å²) in [6.45, 7) is 21.1. The van der Waals surface area contributed by atoms with Gasteiger partial charge in [-0.05, 0) is 129 Å². The quantitative estimate of drug-likeness (QED) is 0.187. The first-order valence-electron chi connectivity index (χ1n) is 17.3. The van der Waals surface area contributed by atoms with E-state index in [1.165, 1.54) is 13.8 Å². The molecule has 5 saturated carbocycles. The molecule has 11 atom stereocenters. The van der Waals surface area contributed by atoms with Crippen LogP contribution in [0, 0.1) is 56.7 Å². The van der Waals surface area contributed by atoms with Crippen LogP contribution in [-0.2, 0) is 28.6 Å². The van der Waals surface area contributed by atoms with Gasteiger partial charge in [-0.2, -0.15) is 0 Å². The first-order valence-corrected chi connectivity index (χ1v) is 17.3. The van der Waals surface area contributed by atoms with E-state index in [-0.39, 0.29) is 77.3 Å². The van der Waals surface area contributed by atoms with Crippen LogP contribution >= 0.6 is 0 Å². The van der Waals surface area contributed by atoms with E-state index in [4.69, 9.17) is 14.2 Å². The third kappa shape index (κ3) is 4.80. The van der Waals surface area contributed by atoms with Crippen molar-refractivity contribution in [3.8, 4) is 0 Å². The highest BCUT2D eigenvalue weighted by Crippen LogP contribution is 2.77. The molecular formula is C37H58O7. The minimum absolute atomic E-state index is 0.00140. The summed E-state index contributed by atoms with van der Waals surface area (Å²) in [5.74, 6) is 0.694. The predicted molar refractivity (Wildman–Crippen MR) is 168 cm³/mol. The predicted octanol–water partition coefficient (Wildman–Crippen LogP) is 7.04. The molecule has 5 rings (SSSR count). The van der Waals surface area contributed by atoms with Crippen molar-refractivity contribution in [2.45, 2.75) is 132 Å². The molecule has 0 heterocycles. The van der Waals surface area contributed by atoms with Crippen molar-refractivity contribution in [3.05, 3.63) is 12.2 Å². The van der Waals surface area contributed by atoms with Gasteiger partial charge in [-0.1, -0.05) is 34.3 Å². The van der Waals surface area contributed by atoms with Gasteiger partial charge in [-0.25, -0.2) is 0 Å². The lowest BCUT2D eigenvalue weighted by Crippen LogP contribution is -2.68. The summed E-state index contributed by atoms with van der Waals surface area (Å²) < 4.78 is 17.6. The van der Waals surface area contributed by atoms with Crippen molar-refractivity contribution >= 4 is 17.9 Å². The molecule has 0 unspecified atom stereocenters. The van der Waals surface area contributed by atoms with Gasteiger partial charge in [0.1, 0.15) is 12.7 Å². The Balaban J connectivity index is 1.53. The van der Waals surface area contributed by atoms with Crippen molar-refractivity contribution in [2.24, 2.45) is 56.7 Å². The number of hydrogen-bond donors (Lipinski definition) is 1. The second-order valence-electron chi connectivity index (χ2n) is 16.7. The monoisotopic (exact) mass is 614 g/mol. The largest absolute Gasteiger partial charge is 0.465 e. The molecule has 5 aliphatic rings. The molecule has 5 fully saturated rings. The third-order valence-corrected chi connectivity index (χ3v) is 14.5. The Labute approximate surface area is 265 Å². The molecule has 0 spiro atoms. The Morgan fingerprint density at radius 3 is 2.16 bits per heavy atom. The second kappa shape index (κ2) is 11.4. The highest BCUT2D eigenvalue weighted by atomic mass is 16.6. The summed E-state index contributed by atoms with van der Waals surface area (Å²) in [7, 11) is 0. The van der Waals surface area contributed by atoms with Crippen molar-refractivity contribution in [2.75, 3.05) is 13.2 Å². The second-order valence-corrected chi connectivity index (χ2v) is 16.7. The van der Waals surface area contributed by atoms with E-state index in [0.717, 1.165) is 69.8 Å². The van der Waals surface area contributed by atoms with Gasteiger partial charge in [0.2, 0.25) is 0 Å². The molecule has 0 aliphatic heterocycles. The lowest BCUT2D eigenvalue weighted by atomic mass is 9.32. The van der Waals surface area contributed by atoms with Crippen LogP contribution in [0.1, 0.15) is 120 Å². The molecule has 248 valence electrons. The summed E-state index contributed by atoms with van der Waals surface area (Å²) in [6.07, 6.45) is 8.99. The lowest BCUT2D eigenvalue weighted by molar-refractivity contribution is -0.258. The summed E-state index contributed by atoms with van der Waals surface area (Å²) in [5.41, 5.74) is -0.0199. The minimum Gasteiger partial charge on any atom is -0.465 e. The van der Waals surface area contributed by atoms with Crippen LogP contribution in [0.2, 0.25) is 0 Å². The number of esters is 3. The molecule has 0 aromatic carbocycles. The van der Waals surface area contributed by atoms with Crippen LogP contribution < -0.4 is 0 Å². The molecule has 7 nitrogen and oxygen atoms in total. The Morgan fingerprint density at radius 2 is 1.55 bits per heavy atom. The van der Waals surface area contributed by atoms with E-state index in [1.54, 1.807) is 0 Å². The SMILES string of the molecule is C=C(CO)[C@@H]1CC[C@]2(C(=O)OC(C)C)CC[C@]3(C)[C@H](CC[C@@H]4[C@@]5(C)CC[C@H](OC(C)=O)[C@@](C)(COC(C)=O)[C@@H]5CC[C@]43C)[C@@H]12. The highest BCUT2D eigenvalue weighted by molar-refractivity contribution is 5.78. The zero-order chi connectivity index (χ0) is 32.5. The Hall–Kier alpha value is -1.89. The standard InChI is InChI=1S/C37H58O7/c1-22(2)43-32(41)37-17-12-26(23(3)20-38)31(37)27-10-11-29-33(6)15-14-30(44-25(5)40)34(7,21-42-24(4)39)28(33)13-16-36(29,9)35(27,8)18-19-37/h22,26-31,38H,3,10-21H2,1-2,4-9H3/t26-,27+,28+,29+,30-,31+,33-,34-,35+,36+,37-/m0/s1. The number of aliphatic hydroxyl groups is 1. The van der Waals surface area contributed by atoms with Crippen LogP contribution in [0.3, 0.4) is 0 Å². The van der Waals surface area contributed by atoms with E-state index in [9.17, 15) is 19.5 Å². The van der Waals surface area contributed by atoms with Gasteiger partial charge in [-0.15, -0.1) is 0 Å². The molecule has 0 saturated heterocycles. The van der Waals surface area contributed by atoms with Crippen molar-refractivity contribution < 1.29 is 33.7 Å². The van der Waals surface area contributed by atoms with Gasteiger partial charge in [0.15, 0.2) is 0 Å². The van der Waals surface area contributed by atoms with E-state index in [1.807, 2.05) is 13.8 Å². The fourth-order valence-corrected chi connectivity index (χ4v) is 12.5. The van der Waals surface area contributed by atoms with Gasteiger partial charge in [0.25, 0.3) is 0 Å². The van der Waals surface area contributed by atoms with Gasteiger partial charge < -0.3 is 19.3 Å². The molecule has 5 aliphatic carbocycles. The molecule has 0 bridgehead atoms. The van der Waals surface area contributed by atoms with Crippen molar-refractivity contribution in [3.63, 3.8) is 0 Å². The zero-order valence-electron chi connectivity index (χ0n) is 28.6. The molecule has 0 amide bonds. The smallest absolute Gasteiger partial charge is 0.312 e. The average molecular weight is 615 g/mol. The Morgan fingerprint density at radius 1 is 0.841 bits per heavy atom. The Bertz CT molecular complexity index is 1180. The zero-order valence-corrected chi connectivity index (χ0v) is 28.6. The average Bonchev–Trinajstić information content (AvgIpc) is 3.34. The summed E-state index contributed by atoms with van der Waals surface area (Å²) in [6, 6.07) is 0. The fraction of sp³-hybridized carbons (Fsp3) is 0.865. The molecular weight excluding hydrogens is 556 g/mol. The van der Waals surface area contributed by atoms with Crippen LogP contribution in [0.4, 0.5) is 0 Å². The number of carbonyl (C=O) groups is 3. The maximum absolute atomic E-state index is 14.0. The maximum Gasteiger partial charge on any atom is 0.312 e. The van der Waals surface area contributed by atoms with Gasteiger partial charge in [-0.3, -0.25) is 14.4 Å². The van der Waals surface area contributed by atoms with Crippen LogP contribution in [-0.4, -0.2) is 48.4 Å². The summed E-state index contributed by atoms with van der Waals surface area (Å²) in [4.78, 5) is 38.2. The summed E-state index contributed by atoms with van der Waals surface area (Å²) >= 11 is 0. The third-order valence-electron chi connectivity index (χ3n) is 14.5. The first kappa shape index (κ1) is 33.5. The fourth-order valence-electron chi connectivity index (χ4n) is 12.5. The van der Waals surface area contributed by atoms with Gasteiger partial charge in [0.05, 0.1) is 18.1 Å².